The zero-order valence-corrected chi connectivity index (χ0v) is 14.5. The second-order valence-corrected chi connectivity index (χ2v) is 7.08. The Labute approximate surface area is 141 Å². The van der Waals surface area contributed by atoms with Gasteiger partial charge in [0.1, 0.15) is 10.7 Å². The molecule has 0 unspecified atom stereocenters. The van der Waals surface area contributed by atoms with Crippen LogP contribution >= 0.6 is 11.6 Å². The van der Waals surface area contributed by atoms with Gasteiger partial charge in [-0.25, -0.2) is 9.97 Å². The molecule has 0 N–H and O–H groups in total. The molecule has 1 atom stereocenters. The summed E-state index contributed by atoms with van der Waals surface area (Å²) < 4.78 is 2.14. The maximum Gasteiger partial charge on any atom is 0.206 e. The molecule has 4 rings (SSSR count). The molecule has 4 heterocycles. The summed E-state index contributed by atoms with van der Waals surface area (Å²) >= 11 is 6.19. The second-order valence-electron chi connectivity index (χ2n) is 6.69. The molecule has 2 aromatic rings. The van der Waals surface area contributed by atoms with E-state index in [0.717, 1.165) is 47.9 Å². The molecule has 6 heteroatoms. The number of pyridine rings is 1. The van der Waals surface area contributed by atoms with Crippen molar-refractivity contribution >= 4 is 34.2 Å². The molecule has 122 valence electrons. The van der Waals surface area contributed by atoms with Crippen molar-refractivity contribution in [1.82, 2.24) is 19.4 Å². The molecule has 5 nitrogen and oxygen atoms in total. The van der Waals surface area contributed by atoms with Crippen LogP contribution in [0.1, 0.15) is 25.5 Å². The smallest absolute Gasteiger partial charge is 0.206 e. The maximum absolute atomic E-state index is 6.19. The predicted molar refractivity (Wildman–Crippen MR) is 95.0 cm³/mol. The quantitative estimate of drug-likeness (QED) is 0.793. The van der Waals surface area contributed by atoms with Gasteiger partial charge in [0.2, 0.25) is 5.95 Å². The lowest BCUT2D eigenvalue weighted by atomic mass is 10.2. The summed E-state index contributed by atoms with van der Waals surface area (Å²) in [4.78, 5) is 14.3. The molecular formula is C17H22ClN5. The molecule has 2 aromatic heterocycles. The number of piperazine rings is 1. The van der Waals surface area contributed by atoms with Gasteiger partial charge in [-0.1, -0.05) is 18.2 Å². The number of anilines is 1. The normalized spacial score (nSPS) is 21.9. The number of aryl methyl sites for hydroxylation is 1. The van der Waals surface area contributed by atoms with Crippen LogP contribution in [0.2, 0.25) is 5.15 Å². The van der Waals surface area contributed by atoms with Crippen LogP contribution in [0.4, 0.5) is 5.95 Å². The molecule has 0 bridgehead atoms. The molecule has 2 fully saturated rings. The number of allylic oxidation sites excluding steroid dienone is 1. The van der Waals surface area contributed by atoms with E-state index in [2.05, 4.69) is 33.0 Å². The molecule has 0 radical (unpaired) electrons. The zero-order chi connectivity index (χ0) is 16.1. The third kappa shape index (κ3) is 2.42. The van der Waals surface area contributed by atoms with Crippen molar-refractivity contribution in [2.75, 3.05) is 31.1 Å². The summed E-state index contributed by atoms with van der Waals surface area (Å²) in [5, 5.41) is 0.491. The fraction of sp³-hybridized carbons (Fsp3) is 0.529. The first kappa shape index (κ1) is 15.0. The van der Waals surface area contributed by atoms with Crippen LogP contribution in [0.15, 0.2) is 12.6 Å². The van der Waals surface area contributed by atoms with E-state index >= 15 is 0 Å². The fourth-order valence-electron chi connectivity index (χ4n) is 3.90. The van der Waals surface area contributed by atoms with Gasteiger partial charge in [-0.3, -0.25) is 4.90 Å². The molecule has 0 saturated carbocycles. The van der Waals surface area contributed by atoms with E-state index in [1.54, 1.807) is 0 Å². The summed E-state index contributed by atoms with van der Waals surface area (Å²) in [6.45, 7) is 10.4. The number of halogens is 1. The van der Waals surface area contributed by atoms with Gasteiger partial charge in [0.15, 0.2) is 0 Å². The highest BCUT2D eigenvalue weighted by atomic mass is 35.5. The van der Waals surface area contributed by atoms with Crippen molar-refractivity contribution in [3.63, 3.8) is 0 Å². The Morgan fingerprint density at radius 1 is 1.30 bits per heavy atom. The first-order chi connectivity index (χ1) is 11.0. The monoisotopic (exact) mass is 331 g/mol. The minimum atomic E-state index is 0.491. The Morgan fingerprint density at radius 2 is 2.13 bits per heavy atom. The van der Waals surface area contributed by atoms with E-state index in [4.69, 9.17) is 16.6 Å². The molecule has 0 amide bonds. The van der Waals surface area contributed by atoms with Gasteiger partial charge in [0.05, 0.1) is 11.2 Å². The largest absolute Gasteiger partial charge is 0.339 e. The highest BCUT2D eigenvalue weighted by molar-refractivity contribution is 6.30. The molecule has 23 heavy (non-hydrogen) atoms. The number of imidazole rings is 1. The van der Waals surface area contributed by atoms with Crippen molar-refractivity contribution in [2.24, 2.45) is 7.05 Å². The molecule has 2 aliphatic heterocycles. The number of hydrogen-bond acceptors (Lipinski definition) is 4. The number of hydrogen-bond donors (Lipinski definition) is 0. The second kappa shape index (κ2) is 5.49. The number of aromatic nitrogens is 3. The van der Waals surface area contributed by atoms with E-state index in [-0.39, 0.29) is 0 Å². The SMILES string of the molecule is C=C(C)c1nc(Cl)cc2c1nc(N1CCN3CCC[C@@H]3C1)n2C. The number of rotatable bonds is 2. The average molecular weight is 332 g/mol. The van der Waals surface area contributed by atoms with Crippen molar-refractivity contribution in [1.29, 1.82) is 0 Å². The highest BCUT2D eigenvalue weighted by Crippen LogP contribution is 2.30. The first-order valence-corrected chi connectivity index (χ1v) is 8.60. The highest BCUT2D eigenvalue weighted by Gasteiger charge is 2.32. The number of fused-ring (bicyclic) bond motifs is 2. The van der Waals surface area contributed by atoms with Crippen molar-refractivity contribution in [2.45, 2.75) is 25.8 Å². The van der Waals surface area contributed by atoms with Crippen LogP contribution in [0.3, 0.4) is 0 Å². The molecule has 0 aromatic carbocycles. The lowest BCUT2D eigenvalue weighted by molar-refractivity contribution is 0.229. The van der Waals surface area contributed by atoms with Gasteiger partial charge >= 0.3 is 0 Å². The van der Waals surface area contributed by atoms with Gasteiger partial charge in [-0.15, -0.1) is 0 Å². The van der Waals surface area contributed by atoms with Crippen LogP contribution in [0.5, 0.6) is 0 Å². The van der Waals surface area contributed by atoms with Crippen molar-refractivity contribution in [3.05, 3.63) is 23.5 Å². The zero-order valence-electron chi connectivity index (χ0n) is 13.7. The van der Waals surface area contributed by atoms with E-state index in [1.807, 2.05) is 13.0 Å². The summed E-state index contributed by atoms with van der Waals surface area (Å²) in [6, 6.07) is 2.57. The average Bonchev–Trinajstić information content (AvgIpc) is 3.11. The Morgan fingerprint density at radius 3 is 2.91 bits per heavy atom. The first-order valence-electron chi connectivity index (χ1n) is 8.22. The van der Waals surface area contributed by atoms with Crippen LogP contribution in [-0.2, 0) is 7.05 Å². The third-order valence-electron chi connectivity index (χ3n) is 5.09. The number of nitrogens with zero attached hydrogens (tertiary/aromatic N) is 5. The minimum Gasteiger partial charge on any atom is -0.339 e. The van der Waals surface area contributed by atoms with Crippen LogP contribution in [0, 0.1) is 0 Å². The van der Waals surface area contributed by atoms with Gasteiger partial charge in [-0.05, 0) is 31.9 Å². The molecule has 2 aliphatic rings. The molecular weight excluding hydrogens is 310 g/mol. The molecule has 0 aliphatic carbocycles. The van der Waals surface area contributed by atoms with Gasteiger partial charge in [-0.2, -0.15) is 0 Å². The Kier molecular flexibility index (Phi) is 3.58. The van der Waals surface area contributed by atoms with Gasteiger partial charge < -0.3 is 9.47 Å². The fourth-order valence-corrected chi connectivity index (χ4v) is 4.08. The molecule has 2 saturated heterocycles. The van der Waals surface area contributed by atoms with Crippen molar-refractivity contribution < 1.29 is 0 Å². The van der Waals surface area contributed by atoms with Crippen LogP contribution in [-0.4, -0.2) is 51.7 Å². The van der Waals surface area contributed by atoms with Crippen molar-refractivity contribution in [3.8, 4) is 0 Å². The standard InChI is InChI=1S/C17H22ClN5/c1-11(2)15-16-13(9-14(18)19-15)21(3)17(20-16)23-8-7-22-6-4-5-12(22)10-23/h9,12H,1,4-8,10H2,2-3H3/t12-/m1/s1. The maximum atomic E-state index is 6.19. The Hall–Kier alpha value is -1.59. The summed E-state index contributed by atoms with van der Waals surface area (Å²) in [6.07, 6.45) is 2.62. The van der Waals surface area contributed by atoms with E-state index < -0.39 is 0 Å². The van der Waals surface area contributed by atoms with Gasteiger partial charge in [0, 0.05) is 38.8 Å². The van der Waals surface area contributed by atoms with E-state index in [1.165, 1.54) is 19.4 Å². The lowest BCUT2D eigenvalue weighted by Gasteiger charge is -2.37. The van der Waals surface area contributed by atoms with E-state index in [0.29, 0.717) is 11.2 Å². The third-order valence-corrected chi connectivity index (χ3v) is 5.28. The van der Waals surface area contributed by atoms with Crippen LogP contribution in [0.25, 0.3) is 16.6 Å². The Balaban J connectivity index is 1.77. The minimum absolute atomic E-state index is 0.491. The van der Waals surface area contributed by atoms with Gasteiger partial charge in [0.25, 0.3) is 0 Å². The topological polar surface area (TPSA) is 37.2 Å². The summed E-state index contributed by atoms with van der Waals surface area (Å²) in [5.41, 5.74) is 3.61. The van der Waals surface area contributed by atoms with E-state index in [9.17, 15) is 0 Å². The lowest BCUT2D eigenvalue weighted by Crippen LogP contribution is -2.50. The Bertz CT molecular complexity index is 781. The predicted octanol–water partition coefficient (Wildman–Crippen LogP) is 2.94. The summed E-state index contributed by atoms with van der Waals surface area (Å²) in [5.74, 6) is 1.01. The molecule has 0 spiro atoms. The summed E-state index contributed by atoms with van der Waals surface area (Å²) in [7, 11) is 2.06. The van der Waals surface area contributed by atoms with Crippen LogP contribution < -0.4 is 4.90 Å².